The SMILES string of the molecule is Cc1nn(CC(C)C)c(C)c1S(=O)(=O)N1CCC(CN)C1. The molecular formula is C14H26N4O2S. The van der Waals surface area contributed by atoms with E-state index in [0.29, 0.717) is 36.1 Å². The smallest absolute Gasteiger partial charge is 0.246 e. The summed E-state index contributed by atoms with van der Waals surface area (Å²) in [6.07, 6.45) is 0.841. The molecule has 0 aromatic carbocycles. The van der Waals surface area contributed by atoms with Crippen molar-refractivity contribution in [3.05, 3.63) is 11.4 Å². The van der Waals surface area contributed by atoms with Crippen molar-refractivity contribution < 1.29 is 8.42 Å². The van der Waals surface area contributed by atoms with Crippen LogP contribution in [-0.4, -0.2) is 42.1 Å². The third-order valence-electron chi connectivity index (χ3n) is 4.03. The van der Waals surface area contributed by atoms with Gasteiger partial charge in [0.05, 0.1) is 11.4 Å². The fraction of sp³-hybridized carbons (Fsp3) is 0.786. The Hall–Kier alpha value is -0.920. The summed E-state index contributed by atoms with van der Waals surface area (Å²) in [7, 11) is -3.46. The molecule has 0 amide bonds. The van der Waals surface area contributed by atoms with Crippen molar-refractivity contribution >= 4 is 10.0 Å². The van der Waals surface area contributed by atoms with Crippen molar-refractivity contribution in [3.8, 4) is 0 Å². The zero-order valence-electron chi connectivity index (χ0n) is 13.3. The summed E-state index contributed by atoms with van der Waals surface area (Å²) < 4.78 is 29.1. The molecule has 0 aliphatic carbocycles. The second-order valence-corrected chi connectivity index (χ2v) is 8.20. The van der Waals surface area contributed by atoms with E-state index in [2.05, 4.69) is 18.9 Å². The molecule has 1 aromatic rings. The molecule has 0 spiro atoms. The van der Waals surface area contributed by atoms with E-state index >= 15 is 0 Å². The number of nitrogens with zero attached hydrogens (tertiary/aromatic N) is 3. The minimum Gasteiger partial charge on any atom is -0.330 e. The normalized spacial score (nSPS) is 20.6. The van der Waals surface area contributed by atoms with E-state index in [9.17, 15) is 8.42 Å². The molecule has 2 N–H and O–H groups in total. The summed E-state index contributed by atoms with van der Waals surface area (Å²) in [5.74, 6) is 0.693. The highest BCUT2D eigenvalue weighted by Crippen LogP contribution is 2.28. The Balaban J connectivity index is 2.35. The molecule has 1 aliphatic rings. The Morgan fingerprint density at radius 3 is 2.57 bits per heavy atom. The Morgan fingerprint density at radius 1 is 1.38 bits per heavy atom. The summed E-state index contributed by atoms with van der Waals surface area (Å²) in [5, 5.41) is 4.41. The molecule has 1 unspecified atom stereocenters. The average molecular weight is 314 g/mol. The van der Waals surface area contributed by atoms with Gasteiger partial charge < -0.3 is 5.73 Å². The van der Waals surface area contributed by atoms with Crippen LogP contribution in [0.15, 0.2) is 4.90 Å². The lowest BCUT2D eigenvalue weighted by atomic mass is 10.1. The Morgan fingerprint density at radius 2 is 2.05 bits per heavy atom. The molecule has 120 valence electrons. The van der Waals surface area contributed by atoms with Crippen LogP contribution in [0, 0.1) is 25.7 Å². The fourth-order valence-corrected chi connectivity index (χ4v) is 4.82. The molecule has 1 aromatic heterocycles. The standard InChI is InChI=1S/C14H26N4O2S/c1-10(2)8-18-12(4)14(11(3)16-18)21(19,20)17-6-5-13(7-15)9-17/h10,13H,5-9,15H2,1-4H3. The van der Waals surface area contributed by atoms with Gasteiger partial charge in [0.2, 0.25) is 10.0 Å². The van der Waals surface area contributed by atoms with Gasteiger partial charge in [-0.05, 0) is 38.6 Å². The summed E-state index contributed by atoms with van der Waals surface area (Å²) in [4.78, 5) is 0.376. The molecule has 1 atom stereocenters. The topological polar surface area (TPSA) is 81.2 Å². The van der Waals surface area contributed by atoms with E-state index in [0.717, 1.165) is 18.7 Å². The van der Waals surface area contributed by atoms with Gasteiger partial charge in [0.15, 0.2) is 0 Å². The number of hydrogen-bond acceptors (Lipinski definition) is 4. The van der Waals surface area contributed by atoms with Crippen LogP contribution in [0.2, 0.25) is 0 Å². The maximum absolute atomic E-state index is 12.9. The van der Waals surface area contributed by atoms with E-state index in [4.69, 9.17) is 5.73 Å². The monoisotopic (exact) mass is 314 g/mol. The first kappa shape index (κ1) is 16.5. The van der Waals surface area contributed by atoms with Gasteiger partial charge in [0.1, 0.15) is 4.90 Å². The minimum absolute atomic E-state index is 0.270. The van der Waals surface area contributed by atoms with E-state index in [1.165, 1.54) is 0 Å². The minimum atomic E-state index is -3.46. The van der Waals surface area contributed by atoms with Gasteiger partial charge in [-0.3, -0.25) is 4.68 Å². The van der Waals surface area contributed by atoms with Gasteiger partial charge in [-0.25, -0.2) is 8.42 Å². The Bertz CT molecular complexity index is 607. The maximum atomic E-state index is 12.9. The van der Waals surface area contributed by atoms with E-state index in [1.54, 1.807) is 11.2 Å². The van der Waals surface area contributed by atoms with Crippen LogP contribution in [-0.2, 0) is 16.6 Å². The van der Waals surface area contributed by atoms with Gasteiger partial charge in [-0.1, -0.05) is 13.8 Å². The van der Waals surface area contributed by atoms with Crippen LogP contribution in [0.3, 0.4) is 0 Å². The number of aromatic nitrogens is 2. The van der Waals surface area contributed by atoms with Crippen LogP contribution in [0.1, 0.15) is 31.7 Å². The van der Waals surface area contributed by atoms with Crippen molar-refractivity contribution in [1.82, 2.24) is 14.1 Å². The highest BCUT2D eigenvalue weighted by Gasteiger charge is 2.35. The Labute approximate surface area is 127 Å². The summed E-state index contributed by atoms with van der Waals surface area (Å²) in [6, 6.07) is 0. The lowest BCUT2D eigenvalue weighted by Crippen LogP contribution is -2.30. The van der Waals surface area contributed by atoms with Gasteiger partial charge in [-0.2, -0.15) is 9.40 Å². The lowest BCUT2D eigenvalue weighted by molar-refractivity contribution is 0.455. The zero-order valence-corrected chi connectivity index (χ0v) is 14.2. The molecule has 0 saturated carbocycles. The molecule has 6 nitrogen and oxygen atoms in total. The van der Waals surface area contributed by atoms with Gasteiger partial charge in [-0.15, -0.1) is 0 Å². The first-order valence-electron chi connectivity index (χ1n) is 7.51. The first-order valence-corrected chi connectivity index (χ1v) is 8.95. The number of aryl methyl sites for hydroxylation is 1. The fourth-order valence-electron chi connectivity index (χ4n) is 2.91. The third-order valence-corrected chi connectivity index (χ3v) is 6.15. The van der Waals surface area contributed by atoms with Crippen LogP contribution in [0.4, 0.5) is 0 Å². The first-order chi connectivity index (χ1) is 9.77. The number of sulfonamides is 1. The second-order valence-electron chi connectivity index (χ2n) is 6.33. The number of nitrogens with two attached hydrogens (primary N) is 1. The predicted octanol–water partition coefficient (Wildman–Crippen LogP) is 1.13. The largest absolute Gasteiger partial charge is 0.330 e. The Kier molecular flexibility index (Phi) is 4.75. The average Bonchev–Trinajstić information content (AvgIpc) is 2.95. The third kappa shape index (κ3) is 3.14. The van der Waals surface area contributed by atoms with Gasteiger partial charge in [0, 0.05) is 19.6 Å². The summed E-state index contributed by atoms with van der Waals surface area (Å²) in [6.45, 7) is 10.1. The van der Waals surface area contributed by atoms with Crippen LogP contribution in [0.5, 0.6) is 0 Å². The van der Waals surface area contributed by atoms with E-state index < -0.39 is 10.0 Å². The molecule has 2 rings (SSSR count). The molecule has 7 heteroatoms. The molecule has 1 saturated heterocycles. The molecule has 2 heterocycles. The maximum Gasteiger partial charge on any atom is 0.246 e. The van der Waals surface area contributed by atoms with Crippen molar-refractivity contribution in [2.75, 3.05) is 19.6 Å². The molecule has 0 bridgehead atoms. The van der Waals surface area contributed by atoms with Crippen molar-refractivity contribution in [3.63, 3.8) is 0 Å². The quantitative estimate of drug-likeness (QED) is 0.883. The zero-order chi connectivity index (χ0) is 15.8. The molecule has 1 aliphatic heterocycles. The highest BCUT2D eigenvalue weighted by molar-refractivity contribution is 7.89. The molecule has 21 heavy (non-hydrogen) atoms. The lowest BCUT2D eigenvalue weighted by Gasteiger charge is -2.17. The highest BCUT2D eigenvalue weighted by atomic mass is 32.2. The van der Waals surface area contributed by atoms with E-state index in [1.807, 2.05) is 11.6 Å². The molecule has 0 radical (unpaired) electrons. The number of rotatable bonds is 5. The summed E-state index contributed by atoms with van der Waals surface area (Å²) >= 11 is 0. The summed E-state index contributed by atoms with van der Waals surface area (Å²) in [5.41, 5.74) is 6.98. The number of hydrogen-bond donors (Lipinski definition) is 1. The second kappa shape index (κ2) is 6.06. The van der Waals surface area contributed by atoms with Crippen LogP contribution < -0.4 is 5.73 Å². The van der Waals surface area contributed by atoms with Crippen molar-refractivity contribution in [2.45, 2.75) is 45.6 Å². The van der Waals surface area contributed by atoms with Crippen LogP contribution >= 0.6 is 0 Å². The van der Waals surface area contributed by atoms with Crippen molar-refractivity contribution in [2.24, 2.45) is 17.6 Å². The van der Waals surface area contributed by atoms with Crippen LogP contribution in [0.25, 0.3) is 0 Å². The van der Waals surface area contributed by atoms with Gasteiger partial charge >= 0.3 is 0 Å². The van der Waals surface area contributed by atoms with E-state index in [-0.39, 0.29) is 5.92 Å². The predicted molar refractivity (Wildman–Crippen MR) is 82.5 cm³/mol. The van der Waals surface area contributed by atoms with Crippen molar-refractivity contribution in [1.29, 1.82) is 0 Å². The molecule has 1 fully saturated rings. The van der Waals surface area contributed by atoms with Gasteiger partial charge in [0.25, 0.3) is 0 Å². The molecular weight excluding hydrogens is 288 g/mol.